The van der Waals surface area contributed by atoms with Crippen LogP contribution in [0.2, 0.25) is 0 Å². The predicted molar refractivity (Wildman–Crippen MR) is 86.3 cm³/mol. The predicted octanol–water partition coefficient (Wildman–Crippen LogP) is 3.51. The summed E-state index contributed by atoms with van der Waals surface area (Å²) in [6.07, 6.45) is 1.53. The molecule has 0 radical (unpaired) electrons. The van der Waals surface area contributed by atoms with Gasteiger partial charge in [-0.1, -0.05) is 18.2 Å². The average molecular weight is 278 g/mol. The Morgan fingerprint density at radius 1 is 0.905 bits per heavy atom. The van der Waals surface area contributed by atoms with E-state index in [1.54, 1.807) is 0 Å². The zero-order valence-corrected chi connectivity index (χ0v) is 12.5. The van der Waals surface area contributed by atoms with Gasteiger partial charge in [-0.15, -0.1) is 0 Å². The Morgan fingerprint density at radius 3 is 2.24 bits per heavy atom. The molecule has 2 aromatic carbocycles. The first-order valence-electron chi connectivity index (χ1n) is 6.89. The number of rotatable bonds is 3. The van der Waals surface area contributed by atoms with Crippen LogP contribution in [-0.4, -0.2) is 29.3 Å². The van der Waals surface area contributed by atoms with E-state index in [2.05, 4.69) is 69.5 Å². The highest BCUT2D eigenvalue weighted by Gasteiger charge is 2.06. The zero-order valence-electron chi connectivity index (χ0n) is 12.5. The summed E-state index contributed by atoms with van der Waals surface area (Å²) < 4.78 is 0. The number of aromatic nitrogens is 3. The van der Waals surface area contributed by atoms with E-state index < -0.39 is 0 Å². The van der Waals surface area contributed by atoms with Crippen molar-refractivity contribution in [1.82, 2.24) is 15.2 Å². The summed E-state index contributed by atoms with van der Waals surface area (Å²) >= 11 is 0. The van der Waals surface area contributed by atoms with Gasteiger partial charge in [0.1, 0.15) is 6.33 Å². The van der Waals surface area contributed by atoms with Crippen molar-refractivity contribution in [2.75, 3.05) is 19.0 Å². The summed E-state index contributed by atoms with van der Waals surface area (Å²) in [5.74, 6) is 0.796. The third-order valence-corrected chi connectivity index (χ3v) is 3.48. The second-order valence-corrected chi connectivity index (χ2v) is 5.36. The van der Waals surface area contributed by atoms with Crippen LogP contribution in [0.25, 0.3) is 22.5 Å². The molecule has 1 N–H and O–H groups in total. The molecule has 1 aromatic heterocycles. The number of aryl methyl sites for hydroxylation is 1. The van der Waals surface area contributed by atoms with Crippen molar-refractivity contribution >= 4 is 5.69 Å². The van der Waals surface area contributed by atoms with Crippen LogP contribution in [0.5, 0.6) is 0 Å². The Kier molecular flexibility index (Phi) is 3.44. The molecule has 4 heteroatoms. The Morgan fingerprint density at radius 2 is 1.62 bits per heavy atom. The Hall–Kier alpha value is -2.62. The van der Waals surface area contributed by atoms with Gasteiger partial charge in [-0.2, -0.15) is 5.10 Å². The molecule has 3 rings (SSSR count). The fraction of sp³-hybridized carbons (Fsp3) is 0.176. The third kappa shape index (κ3) is 2.79. The summed E-state index contributed by atoms with van der Waals surface area (Å²) in [7, 11) is 4.09. The van der Waals surface area contributed by atoms with Crippen molar-refractivity contribution in [1.29, 1.82) is 0 Å². The lowest BCUT2D eigenvalue weighted by molar-refractivity contribution is 1.09. The zero-order chi connectivity index (χ0) is 14.8. The van der Waals surface area contributed by atoms with Gasteiger partial charge in [0.2, 0.25) is 0 Å². The largest absolute Gasteiger partial charge is 0.378 e. The quantitative estimate of drug-likeness (QED) is 0.797. The van der Waals surface area contributed by atoms with E-state index in [0.29, 0.717) is 0 Å². The maximum atomic E-state index is 4.23. The molecule has 0 aliphatic heterocycles. The van der Waals surface area contributed by atoms with Gasteiger partial charge in [0.05, 0.1) is 0 Å². The number of hydrogen-bond acceptors (Lipinski definition) is 3. The topological polar surface area (TPSA) is 44.8 Å². The number of H-pyrrole nitrogens is 1. The summed E-state index contributed by atoms with van der Waals surface area (Å²) in [4.78, 5) is 6.32. The van der Waals surface area contributed by atoms with Crippen LogP contribution >= 0.6 is 0 Å². The average Bonchev–Trinajstić information content (AvgIpc) is 3.01. The number of nitrogens with one attached hydrogen (secondary N) is 1. The maximum absolute atomic E-state index is 4.23. The standard InChI is InChI=1S/C17H18N4/c1-12-8-14(10-15(9-12)17-18-11-19-20-17)13-4-6-16(7-5-13)21(2)3/h4-11H,1-3H3,(H,18,19,20). The minimum absolute atomic E-state index is 0.796. The van der Waals surface area contributed by atoms with Crippen LogP contribution in [0, 0.1) is 6.92 Å². The van der Waals surface area contributed by atoms with E-state index in [1.807, 2.05) is 14.1 Å². The monoisotopic (exact) mass is 278 g/mol. The molecule has 0 saturated heterocycles. The summed E-state index contributed by atoms with van der Waals surface area (Å²) in [6.45, 7) is 2.09. The molecule has 0 bridgehead atoms. The van der Waals surface area contributed by atoms with E-state index in [4.69, 9.17) is 0 Å². The Bertz CT molecular complexity index is 728. The molecule has 0 saturated carbocycles. The maximum Gasteiger partial charge on any atom is 0.155 e. The SMILES string of the molecule is Cc1cc(-c2ccc(N(C)C)cc2)cc(-c2ncn[nH]2)c1. The van der Waals surface area contributed by atoms with Crippen molar-refractivity contribution in [2.45, 2.75) is 6.92 Å². The van der Waals surface area contributed by atoms with E-state index in [-0.39, 0.29) is 0 Å². The number of anilines is 1. The van der Waals surface area contributed by atoms with Gasteiger partial charge in [0, 0.05) is 25.3 Å². The lowest BCUT2D eigenvalue weighted by Gasteiger charge is -2.13. The first-order chi connectivity index (χ1) is 10.1. The summed E-state index contributed by atoms with van der Waals surface area (Å²) in [6, 6.07) is 15.0. The second-order valence-electron chi connectivity index (χ2n) is 5.36. The minimum Gasteiger partial charge on any atom is -0.378 e. The number of hydrogen-bond donors (Lipinski definition) is 1. The van der Waals surface area contributed by atoms with Gasteiger partial charge >= 0.3 is 0 Å². The van der Waals surface area contributed by atoms with Gasteiger partial charge in [0.25, 0.3) is 0 Å². The fourth-order valence-electron chi connectivity index (χ4n) is 2.38. The van der Waals surface area contributed by atoms with Crippen LogP contribution in [0.1, 0.15) is 5.56 Å². The van der Waals surface area contributed by atoms with Crippen molar-refractivity contribution in [3.05, 3.63) is 54.4 Å². The molecule has 0 aliphatic rings. The first-order valence-corrected chi connectivity index (χ1v) is 6.89. The summed E-state index contributed by atoms with van der Waals surface area (Å²) in [5, 5.41) is 6.84. The van der Waals surface area contributed by atoms with E-state index in [0.717, 1.165) is 11.4 Å². The van der Waals surface area contributed by atoms with Crippen LogP contribution < -0.4 is 4.90 Å². The highest BCUT2D eigenvalue weighted by Crippen LogP contribution is 2.27. The normalized spacial score (nSPS) is 10.6. The molecule has 0 amide bonds. The smallest absolute Gasteiger partial charge is 0.155 e. The fourth-order valence-corrected chi connectivity index (χ4v) is 2.38. The molecule has 3 aromatic rings. The molecule has 0 fully saturated rings. The minimum atomic E-state index is 0.796. The van der Waals surface area contributed by atoms with Crippen LogP contribution in [0.3, 0.4) is 0 Å². The molecular formula is C17H18N4. The van der Waals surface area contributed by atoms with Gasteiger partial charge in [0.15, 0.2) is 5.82 Å². The molecule has 1 heterocycles. The Labute approximate surface area is 124 Å². The highest BCUT2D eigenvalue weighted by molar-refractivity contribution is 5.72. The van der Waals surface area contributed by atoms with Crippen LogP contribution in [-0.2, 0) is 0 Å². The van der Waals surface area contributed by atoms with Crippen molar-refractivity contribution in [2.24, 2.45) is 0 Å². The number of aromatic amines is 1. The molecule has 0 unspecified atom stereocenters. The number of nitrogens with zero attached hydrogens (tertiary/aromatic N) is 3. The van der Waals surface area contributed by atoms with Crippen molar-refractivity contribution < 1.29 is 0 Å². The van der Waals surface area contributed by atoms with E-state index in [1.165, 1.54) is 28.7 Å². The molecule has 0 atom stereocenters. The van der Waals surface area contributed by atoms with Crippen LogP contribution in [0.4, 0.5) is 5.69 Å². The Balaban J connectivity index is 2.02. The van der Waals surface area contributed by atoms with Gasteiger partial charge in [-0.05, 0) is 47.9 Å². The lowest BCUT2D eigenvalue weighted by atomic mass is 9.99. The van der Waals surface area contributed by atoms with E-state index in [9.17, 15) is 0 Å². The number of benzene rings is 2. The van der Waals surface area contributed by atoms with Gasteiger partial charge < -0.3 is 4.90 Å². The molecule has 4 nitrogen and oxygen atoms in total. The molecule has 21 heavy (non-hydrogen) atoms. The first kappa shape index (κ1) is 13.4. The lowest BCUT2D eigenvalue weighted by Crippen LogP contribution is -2.07. The van der Waals surface area contributed by atoms with Crippen LogP contribution in [0.15, 0.2) is 48.8 Å². The highest BCUT2D eigenvalue weighted by atomic mass is 15.2. The van der Waals surface area contributed by atoms with Gasteiger partial charge in [-0.25, -0.2) is 4.98 Å². The molecule has 0 aliphatic carbocycles. The second kappa shape index (κ2) is 5.40. The van der Waals surface area contributed by atoms with Crippen molar-refractivity contribution in [3.8, 4) is 22.5 Å². The molecular weight excluding hydrogens is 260 g/mol. The van der Waals surface area contributed by atoms with Gasteiger partial charge in [-0.3, -0.25) is 5.10 Å². The third-order valence-electron chi connectivity index (χ3n) is 3.48. The summed E-state index contributed by atoms with van der Waals surface area (Å²) in [5.41, 5.74) is 5.84. The molecule has 0 spiro atoms. The van der Waals surface area contributed by atoms with Crippen molar-refractivity contribution in [3.63, 3.8) is 0 Å². The van der Waals surface area contributed by atoms with E-state index >= 15 is 0 Å². The molecule has 106 valence electrons.